The van der Waals surface area contributed by atoms with Gasteiger partial charge in [-0.25, -0.2) is 0 Å². The molecule has 1 atom stereocenters. The quantitative estimate of drug-likeness (QED) is 0.827. The number of rotatable bonds is 3. The van der Waals surface area contributed by atoms with Crippen molar-refractivity contribution in [3.8, 4) is 5.75 Å². The molecule has 3 nitrogen and oxygen atoms in total. The fourth-order valence-corrected chi connectivity index (χ4v) is 1.55. The highest BCUT2D eigenvalue weighted by Crippen LogP contribution is 2.24. The number of furan rings is 1. The zero-order valence-electron chi connectivity index (χ0n) is 9.40. The average molecular weight is 217 g/mol. The minimum Gasteiger partial charge on any atom is -0.508 e. The number of hydrogen-bond donors (Lipinski definition) is 2. The molecule has 2 aromatic rings. The van der Waals surface area contributed by atoms with Gasteiger partial charge in [-0.1, -0.05) is 6.07 Å². The van der Waals surface area contributed by atoms with Gasteiger partial charge >= 0.3 is 0 Å². The Hall–Kier alpha value is -1.90. The molecular weight excluding hydrogens is 202 g/mol. The van der Waals surface area contributed by atoms with Gasteiger partial charge < -0.3 is 14.8 Å². The summed E-state index contributed by atoms with van der Waals surface area (Å²) < 4.78 is 5.03. The lowest BCUT2D eigenvalue weighted by molar-refractivity contribution is 0.471. The van der Waals surface area contributed by atoms with E-state index in [2.05, 4.69) is 5.32 Å². The summed E-state index contributed by atoms with van der Waals surface area (Å²) in [6.07, 6.45) is 3.37. The third-order valence-corrected chi connectivity index (χ3v) is 2.64. The van der Waals surface area contributed by atoms with Crippen LogP contribution in [0.25, 0.3) is 0 Å². The van der Waals surface area contributed by atoms with Gasteiger partial charge in [-0.15, -0.1) is 0 Å². The highest BCUT2D eigenvalue weighted by molar-refractivity contribution is 5.52. The van der Waals surface area contributed by atoms with Crippen LogP contribution in [-0.4, -0.2) is 5.11 Å². The van der Waals surface area contributed by atoms with Gasteiger partial charge in [0.25, 0.3) is 0 Å². The first-order valence-corrected chi connectivity index (χ1v) is 5.25. The van der Waals surface area contributed by atoms with Gasteiger partial charge in [0.2, 0.25) is 0 Å². The van der Waals surface area contributed by atoms with Crippen molar-refractivity contribution in [1.29, 1.82) is 0 Å². The summed E-state index contributed by atoms with van der Waals surface area (Å²) in [5, 5.41) is 12.9. The maximum Gasteiger partial charge on any atom is 0.120 e. The highest BCUT2D eigenvalue weighted by atomic mass is 16.3. The molecule has 84 valence electrons. The molecule has 2 N–H and O–H groups in total. The first-order valence-electron chi connectivity index (χ1n) is 5.25. The second-order valence-corrected chi connectivity index (χ2v) is 3.92. The van der Waals surface area contributed by atoms with Crippen LogP contribution in [0.15, 0.2) is 41.2 Å². The third kappa shape index (κ3) is 2.19. The summed E-state index contributed by atoms with van der Waals surface area (Å²) in [5.74, 6) is 0.310. The molecule has 0 spiro atoms. The van der Waals surface area contributed by atoms with Crippen LogP contribution in [0.5, 0.6) is 5.75 Å². The topological polar surface area (TPSA) is 45.4 Å². The summed E-state index contributed by atoms with van der Waals surface area (Å²) >= 11 is 0. The Bertz CT molecular complexity index is 463. The number of phenolic OH excluding ortho intramolecular Hbond substituents is 1. The van der Waals surface area contributed by atoms with Crippen molar-refractivity contribution in [3.63, 3.8) is 0 Å². The van der Waals surface area contributed by atoms with Gasteiger partial charge in [-0.2, -0.15) is 0 Å². The van der Waals surface area contributed by atoms with Crippen molar-refractivity contribution in [1.82, 2.24) is 0 Å². The predicted molar refractivity (Wildman–Crippen MR) is 63.6 cm³/mol. The van der Waals surface area contributed by atoms with Crippen LogP contribution in [0, 0.1) is 6.92 Å². The molecular formula is C13H15NO2. The van der Waals surface area contributed by atoms with E-state index in [-0.39, 0.29) is 6.04 Å². The second kappa shape index (κ2) is 4.31. The standard InChI is InChI=1S/C13H15NO2/c1-9-3-4-12(7-13(9)15)14-10(2)11-5-6-16-8-11/h3-8,10,14-15H,1-2H3. The van der Waals surface area contributed by atoms with Crippen molar-refractivity contribution in [3.05, 3.63) is 47.9 Å². The zero-order chi connectivity index (χ0) is 11.5. The first kappa shape index (κ1) is 10.6. The van der Waals surface area contributed by atoms with E-state index in [1.165, 1.54) is 0 Å². The smallest absolute Gasteiger partial charge is 0.120 e. The molecule has 0 amide bonds. The van der Waals surface area contributed by atoms with Gasteiger partial charge in [0.15, 0.2) is 0 Å². The SMILES string of the molecule is Cc1ccc(NC(C)c2ccoc2)cc1O. The van der Waals surface area contributed by atoms with Crippen LogP contribution in [0.3, 0.4) is 0 Å². The van der Waals surface area contributed by atoms with Gasteiger partial charge in [0.1, 0.15) is 5.75 Å². The number of hydrogen-bond acceptors (Lipinski definition) is 3. The molecule has 1 aromatic heterocycles. The van der Waals surface area contributed by atoms with E-state index < -0.39 is 0 Å². The molecule has 0 saturated heterocycles. The van der Waals surface area contributed by atoms with Crippen molar-refractivity contribution >= 4 is 5.69 Å². The Labute approximate surface area is 94.7 Å². The largest absolute Gasteiger partial charge is 0.508 e. The molecule has 1 aromatic carbocycles. The Morgan fingerprint density at radius 3 is 2.75 bits per heavy atom. The number of phenols is 1. The molecule has 0 bridgehead atoms. The van der Waals surface area contributed by atoms with Crippen LogP contribution in [-0.2, 0) is 0 Å². The van der Waals surface area contributed by atoms with Crippen molar-refractivity contribution < 1.29 is 9.52 Å². The molecule has 0 fully saturated rings. The Morgan fingerprint density at radius 2 is 2.12 bits per heavy atom. The molecule has 3 heteroatoms. The van der Waals surface area contributed by atoms with E-state index in [0.717, 1.165) is 16.8 Å². The Kier molecular flexibility index (Phi) is 2.86. The fourth-order valence-electron chi connectivity index (χ4n) is 1.55. The molecule has 0 radical (unpaired) electrons. The number of nitrogens with one attached hydrogen (secondary N) is 1. The number of benzene rings is 1. The van der Waals surface area contributed by atoms with Crippen molar-refractivity contribution in [2.45, 2.75) is 19.9 Å². The van der Waals surface area contributed by atoms with Gasteiger partial charge in [-0.05, 0) is 31.5 Å². The minimum absolute atomic E-state index is 0.154. The molecule has 2 rings (SSSR count). The maximum atomic E-state index is 9.59. The summed E-state index contributed by atoms with van der Waals surface area (Å²) in [4.78, 5) is 0. The number of aryl methyl sites for hydroxylation is 1. The Balaban J connectivity index is 2.12. The van der Waals surface area contributed by atoms with Crippen LogP contribution in [0.2, 0.25) is 0 Å². The van der Waals surface area contributed by atoms with Crippen molar-refractivity contribution in [2.75, 3.05) is 5.32 Å². The zero-order valence-corrected chi connectivity index (χ0v) is 9.40. The fraction of sp³-hybridized carbons (Fsp3) is 0.231. The summed E-state index contributed by atoms with van der Waals surface area (Å²) in [7, 11) is 0. The highest BCUT2D eigenvalue weighted by Gasteiger charge is 2.07. The van der Waals surface area contributed by atoms with E-state index in [0.29, 0.717) is 5.75 Å². The lowest BCUT2D eigenvalue weighted by Gasteiger charge is -2.14. The van der Waals surface area contributed by atoms with E-state index >= 15 is 0 Å². The monoisotopic (exact) mass is 217 g/mol. The lowest BCUT2D eigenvalue weighted by Crippen LogP contribution is -2.05. The average Bonchev–Trinajstić information content (AvgIpc) is 2.77. The van der Waals surface area contributed by atoms with Gasteiger partial charge in [-0.3, -0.25) is 0 Å². The lowest BCUT2D eigenvalue weighted by atomic mass is 10.1. The summed E-state index contributed by atoms with van der Waals surface area (Å²) in [5.41, 5.74) is 2.86. The number of anilines is 1. The maximum absolute atomic E-state index is 9.59. The predicted octanol–water partition coefficient (Wildman–Crippen LogP) is 3.47. The molecule has 0 aliphatic carbocycles. The van der Waals surface area contributed by atoms with Gasteiger partial charge in [0.05, 0.1) is 18.6 Å². The molecule has 0 aliphatic heterocycles. The van der Waals surface area contributed by atoms with Gasteiger partial charge in [0, 0.05) is 17.3 Å². The van der Waals surface area contributed by atoms with Crippen molar-refractivity contribution in [2.24, 2.45) is 0 Å². The van der Waals surface area contributed by atoms with E-state index in [9.17, 15) is 5.11 Å². The van der Waals surface area contributed by atoms with E-state index in [1.807, 2.05) is 32.0 Å². The van der Waals surface area contributed by atoms with E-state index in [4.69, 9.17) is 4.42 Å². The van der Waals surface area contributed by atoms with Crippen LogP contribution in [0.4, 0.5) is 5.69 Å². The molecule has 1 heterocycles. The van der Waals surface area contributed by atoms with Crippen LogP contribution in [0.1, 0.15) is 24.1 Å². The Morgan fingerprint density at radius 1 is 1.31 bits per heavy atom. The minimum atomic E-state index is 0.154. The normalized spacial score (nSPS) is 12.4. The van der Waals surface area contributed by atoms with Crippen LogP contribution >= 0.6 is 0 Å². The summed E-state index contributed by atoms with van der Waals surface area (Å²) in [6.45, 7) is 3.92. The molecule has 1 unspecified atom stereocenters. The third-order valence-electron chi connectivity index (χ3n) is 2.64. The first-order chi connectivity index (χ1) is 7.66. The molecule has 0 saturated carbocycles. The number of aromatic hydroxyl groups is 1. The second-order valence-electron chi connectivity index (χ2n) is 3.92. The van der Waals surface area contributed by atoms with E-state index in [1.54, 1.807) is 18.6 Å². The molecule has 0 aliphatic rings. The van der Waals surface area contributed by atoms with Crippen LogP contribution < -0.4 is 5.32 Å². The molecule has 16 heavy (non-hydrogen) atoms. The summed E-state index contributed by atoms with van der Waals surface area (Å²) in [6, 6.07) is 7.64.